The molecule has 0 radical (unpaired) electrons. The molecule has 0 unspecified atom stereocenters. The highest BCUT2D eigenvalue weighted by molar-refractivity contribution is 5.93. The van der Waals surface area contributed by atoms with Gasteiger partial charge in [-0.05, 0) is 35.4 Å². The lowest BCUT2D eigenvalue weighted by atomic mass is 10.1. The van der Waals surface area contributed by atoms with E-state index in [1.54, 1.807) is 42.5 Å². The number of amidine groups is 2. The summed E-state index contributed by atoms with van der Waals surface area (Å²) in [5.74, 6) is -0.700. The maximum Gasteiger partial charge on any atom is 0.337 e. The Bertz CT molecular complexity index is 859. The highest BCUT2D eigenvalue weighted by Gasteiger charge is 2.05. The third kappa shape index (κ3) is 10.7. The highest BCUT2D eigenvalue weighted by atomic mass is 35.5. The summed E-state index contributed by atoms with van der Waals surface area (Å²) in [5, 5.41) is 14.2. The van der Waals surface area contributed by atoms with Crippen LogP contribution in [0, 0.1) is 10.8 Å². The van der Waals surface area contributed by atoms with Crippen LogP contribution in [-0.2, 0) is 17.6 Å². The van der Waals surface area contributed by atoms with Gasteiger partial charge in [-0.15, -0.1) is 24.8 Å². The number of carbonyl (C=O) groups excluding carboxylic acids is 2. The van der Waals surface area contributed by atoms with Crippen molar-refractivity contribution in [3.63, 3.8) is 0 Å². The Kier molecular flexibility index (Phi) is 13.5. The standard InChI is InChI=1S/C10H12N2O2.C9H11N3O.2ClH/c1-14-10(13)8-4-2-3-7(5-8)6-9(11)12;10-8(11)5-6-2-1-3-7(4-6)9(12)13;;/h2-5H,6H2,1H3,(H3,11,12);1-4H,5H2,(H3,10,11)(H2,12,13);2*1H. The third-order valence-corrected chi connectivity index (χ3v) is 3.35. The normalized spacial score (nSPS) is 8.86. The minimum Gasteiger partial charge on any atom is -0.465 e. The van der Waals surface area contributed by atoms with Crippen LogP contribution in [0.25, 0.3) is 0 Å². The smallest absolute Gasteiger partial charge is 0.337 e. The number of methoxy groups -OCH3 is 1. The molecule has 10 heteroatoms. The van der Waals surface area contributed by atoms with Crippen molar-refractivity contribution >= 4 is 48.4 Å². The Morgan fingerprint density at radius 1 is 0.828 bits per heavy atom. The molecule has 0 saturated carbocycles. The molecule has 0 aliphatic rings. The Labute approximate surface area is 181 Å². The van der Waals surface area contributed by atoms with Crippen LogP contribution in [0.15, 0.2) is 48.5 Å². The van der Waals surface area contributed by atoms with E-state index in [0.717, 1.165) is 11.1 Å². The summed E-state index contributed by atoms with van der Waals surface area (Å²) in [5.41, 5.74) is 18.1. The van der Waals surface area contributed by atoms with Gasteiger partial charge in [0.2, 0.25) is 5.91 Å². The maximum absolute atomic E-state index is 11.1. The number of amides is 1. The van der Waals surface area contributed by atoms with Gasteiger partial charge >= 0.3 is 5.97 Å². The minimum absolute atomic E-state index is 0. The summed E-state index contributed by atoms with van der Waals surface area (Å²) < 4.78 is 4.57. The van der Waals surface area contributed by atoms with Crippen LogP contribution in [0.4, 0.5) is 0 Å². The molecule has 29 heavy (non-hydrogen) atoms. The number of hydrogen-bond acceptors (Lipinski definition) is 5. The molecule has 0 spiro atoms. The van der Waals surface area contributed by atoms with E-state index in [1.807, 2.05) is 6.07 Å². The lowest BCUT2D eigenvalue weighted by Gasteiger charge is -2.02. The molecule has 8 nitrogen and oxygen atoms in total. The van der Waals surface area contributed by atoms with Crippen molar-refractivity contribution in [2.45, 2.75) is 12.8 Å². The molecule has 158 valence electrons. The van der Waals surface area contributed by atoms with Gasteiger partial charge in [-0.2, -0.15) is 0 Å². The van der Waals surface area contributed by atoms with Gasteiger partial charge in [-0.1, -0.05) is 24.3 Å². The van der Waals surface area contributed by atoms with Gasteiger partial charge in [0, 0.05) is 18.4 Å². The molecule has 2 aromatic rings. The van der Waals surface area contributed by atoms with Crippen LogP contribution in [0.2, 0.25) is 0 Å². The van der Waals surface area contributed by atoms with E-state index in [2.05, 4.69) is 4.74 Å². The van der Waals surface area contributed by atoms with Crippen molar-refractivity contribution in [1.82, 2.24) is 0 Å². The van der Waals surface area contributed by atoms with Crippen LogP contribution in [0.3, 0.4) is 0 Å². The second kappa shape index (κ2) is 14.0. The van der Waals surface area contributed by atoms with Crippen LogP contribution >= 0.6 is 24.8 Å². The van der Waals surface area contributed by atoms with E-state index in [4.69, 9.17) is 28.0 Å². The van der Waals surface area contributed by atoms with Gasteiger partial charge in [0.25, 0.3) is 0 Å². The van der Waals surface area contributed by atoms with E-state index in [-0.39, 0.29) is 42.5 Å². The molecule has 0 heterocycles. The van der Waals surface area contributed by atoms with E-state index in [9.17, 15) is 9.59 Å². The molecular formula is C19H25Cl2N5O3. The minimum atomic E-state index is -0.467. The molecule has 8 N–H and O–H groups in total. The second-order valence-electron chi connectivity index (χ2n) is 5.66. The molecular weight excluding hydrogens is 417 g/mol. The third-order valence-electron chi connectivity index (χ3n) is 3.35. The molecule has 0 aliphatic heterocycles. The Balaban J connectivity index is 0. The van der Waals surface area contributed by atoms with Crippen LogP contribution in [-0.4, -0.2) is 30.7 Å². The van der Waals surface area contributed by atoms with Crippen LogP contribution < -0.4 is 17.2 Å². The summed E-state index contributed by atoms with van der Waals surface area (Å²) in [6.07, 6.45) is 0.700. The predicted molar refractivity (Wildman–Crippen MR) is 118 cm³/mol. The largest absolute Gasteiger partial charge is 0.465 e. The first-order valence-electron chi connectivity index (χ1n) is 7.94. The van der Waals surface area contributed by atoms with E-state index >= 15 is 0 Å². The number of esters is 1. The maximum atomic E-state index is 11.1. The first kappa shape index (κ1) is 28.1. The molecule has 0 fully saturated rings. The quantitative estimate of drug-likeness (QED) is 0.262. The summed E-state index contributed by atoms with van der Waals surface area (Å²) in [6, 6.07) is 13.7. The van der Waals surface area contributed by atoms with Gasteiger partial charge in [0.05, 0.1) is 24.3 Å². The van der Waals surface area contributed by atoms with E-state index in [0.29, 0.717) is 24.0 Å². The van der Waals surface area contributed by atoms with Crippen molar-refractivity contribution in [3.8, 4) is 0 Å². The zero-order chi connectivity index (χ0) is 20.4. The summed E-state index contributed by atoms with van der Waals surface area (Å²) in [7, 11) is 1.33. The first-order valence-corrected chi connectivity index (χ1v) is 7.94. The summed E-state index contributed by atoms with van der Waals surface area (Å²) in [6.45, 7) is 0. The van der Waals surface area contributed by atoms with E-state index < -0.39 is 5.91 Å². The SMILES string of the molecule is COC(=O)c1cccc(CC(=N)N)c1.Cl.Cl.N=C(N)Cc1cccc(C(N)=O)c1. The summed E-state index contributed by atoms with van der Waals surface area (Å²) >= 11 is 0. The molecule has 1 amide bonds. The molecule has 0 aliphatic carbocycles. The zero-order valence-electron chi connectivity index (χ0n) is 15.8. The number of primary amides is 1. The number of hydrogen-bond donors (Lipinski definition) is 5. The van der Waals surface area contributed by atoms with Crippen molar-refractivity contribution in [1.29, 1.82) is 10.8 Å². The second-order valence-corrected chi connectivity index (χ2v) is 5.66. The first-order chi connectivity index (χ1) is 12.7. The lowest BCUT2D eigenvalue weighted by Crippen LogP contribution is -2.14. The van der Waals surface area contributed by atoms with Gasteiger partial charge < -0.3 is 21.9 Å². The van der Waals surface area contributed by atoms with Gasteiger partial charge in [0.1, 0.15) is 0 Å². The fourth-order valence-electron chi connectivity index (χ4n) is 2.20. The topological polar surface area (TPSA) is 169 Å². The predicted octanol–water partition coefficient (Wildman–Crippen LogP) is 2.06. The van der Waals surface area contributed by atoms with Gasteiger partial charge in [-0.3, -0.25) is 15.6 Å². The fourth-order valence-corrected chi connectivity index (χ4v) is 2.20. The zero-order valence-corrected chi connectivity index (χ0v) is 17.4. The van der Waals surface area contributed by atoms with Crippen molar-refractivity contribution < 1.29 is 14.3 Å². The van der Waals surface area contributed by atoms with Crippen LogP contribution in [0.5, 0.6) is 0 Å². The average molecular weight is 442 g/mol. The number of benzene rings is 2. The van der Waals surface area contributed by atoms with Crippen molar-refractivity contribution in [2.24, 2.45) is 17.2 Å². The Morgan fingerprint density at radius 3 is 1.62 bits per heavy atom. The molecule has 0 atom stereocenters. The highest BCUT2D eigenvalue weighted by Crippen LogP contribution is 2.07. The molecule has 0 aromatic heterocycles. The van der Waals surface area contributed by atoms with Crippen LogP contribution in [0.1, 0.15) is 31.8 Å². The lowest BCUT2D eigenvalue weighted by molar-refractivity contribution is 0.0600. The summed E-state index contributed by atoms with van der Waals surface area (Å²) in [4.78, 5) is 21.9. The number of nitrogens with one attached hydrogen (secondary N) is 2. The van der Waals surface area contributed by atoms with Crippen molar-refractivity contribution in [2.75, 3.05) is 7.11 Å². The van der Waals surface area contributed by atoms with Crippen molar-refractivity contribution in [3.05, 3.63) is 70.8 Å². The Hall–Kier alpha value is -3.10. The Morgan fingerprint density at radius 2 is 1.24 bits per heavy atom. The fraction of sp³-hybridized carbons (Fsp3) is 0.158. The molecule has 2 rings (SSSR count). The number of ether oxygens (including phenoxy) is 1. The van der Waals surface area contributed by atoms with E-state index in [1.165, 1.54) is 7.11 Å². The number of carbonyl (C=O) groups is 2. The van der Waals surface area contributed by atoms with Gasteiger partial charge in [0.15, 0.2) is 0 Å². The average Bonchev–Trinajstić information content (AvgIpc) is 2.61. The molecule has 2 aromatic carbocycles. The molecule has 0 saturated heterocycles. The number of rotatable bonds is 6. The number of halogens is 2. The van der Waals surface area contributed by atoms with Gasteiger partial charge in [-0.25, -0.2) is 4.79 Å². The monoisotopic (exact) mass is 441 g/mol. The number of nitrogens with two attached hydrogens (primary N) is 3. The molecule has 0 bridgehead atoms.